The molecule has 1 aliphatic carbocycles. The van der Waals surface area contributed by atoms with Crippen molar-refractivity contribution < 1.29 is 9.59 Å². The number of rotatable bonds is 8. The third-order valence-electron chi connectivity index (χ3n) is 5.52. The molecular formula is C22H30ClN5O2S. The van der Waals surface area contributed by atoms with Gasteiger partial charge in [0.05, 0.1) is 22.4 Å². The number of carbonyl (C=O) groups excluding carboxylic acids is 2. The van der Waals surface area contributed by atoms with Gasteiger partial charge in [-0.25, -0.2) is 0 Å². The predicted molar refractivity (Wildman–Crippen MR) is 123 cm³/mol. The average molecular weight is 464 g/mol. The van der Waals surface area contributed by atoms with E-state index in [-0.39, 0.29) is 23.8 Å². The number of nitrogens with zero attached hydrogens (tertiary/aromatic N) is 3. The monoisotopic (exact) mass is 463 g/mol. The van der Waals surface area contributed by atoms with Gasteiger partial charge in [-0.05, 0) is 30.9 Å². The number of thioether (sulfide) groups is 1. The first-order valence-corrected chi connectivity index (χ1v) is 12.1. The summed E-state index contributed by atoms with van der Waals surface area (Å²) in [5, 5.41) is 15.8. The van der Waals surface area contributed by atoms with Gasteiger partial charge < -0.3 is 15.2 Å². The molecule has 1 heterocycles. The van der Waals surface area contributed by atoms with Gasteiger partial charge in [0.15, 0.2) is 11.0 Å². The maximum atomic E-state index is 12.8. The van der Waals surface area contributed by atoms with Crippen LogP contribution in [0.1, 0.15) is 68.2 Å². The van der Waals surface area contributed by atoms with E-state index in [0.717, 1.165) is 12.8 Å². The summed E-state index contributed by atoms with van der Waals surface area (Å²) in [7, 11) is 1.85. The fourth-order valence-corrected chi connectivity index (χ4v) is 4.71. The second-order valence-electron chi connectivity index (χ2n) is 8.27. The minimum Gasteiger partial charge on any atom is -0.353 e. The van der Waals surface area contributed by atoms with Crippen molar-refractivity contribution in [3.8, 4) is 0 Å². The molecule has 0 saturated heterocycles. The Hall–Kier alpha value is -2.06. The summed E-state index contributed by atoms with van der Waals surface area (Å²) in [5.41, 5.74) is 0.422. The standard InChI is InChI=1S/C22H30ClN5O2S/c1-14(2)19(25-21(30)16-11-7-8-12-17(16)23)20-26-27-22(28(20)3)31-13-18(29)24-15-9-5-4-6-10-15/h7-8,11-12,14-15,19H,4-6,9-10,13H2,1-3H3,(H,24,29)(H,25,30)/t19-/m0/s1. The molecule has 2 N–H and O–H groups in total. The highest BCUT2D eigenvalue weighted by Crippen LogP contribution is 2.25. The van der Waals surface area contributed by atoms with Crippen molar-refractivity contribution in [1.82, 2.24) is 25.4 Å². The highest BCUT2D eigenvalue weighted by molar-refractivity contribution is 7.99. The van der Waals surface area contributed by atoms with E-state index in [1.54, 1.807) is 24.3 Å². The lowest BCUT2D eigenvalue weighted by molar-refractivity contribution is -0.119. The van der Waals surface area contributed by atoms with Gasteiger partial charge in [0.2, 0.25) is 5.91 Å². The van der Waals surface area contributed by atoms with E-state index < -0.39 is 0 Å². The van der Waals surface area contributed by atoms with Crippen molar-refractivity contribution >= 4 is 35.2 Å². The SMILES string of the molecule is CC(C)[C@H](NC(=O)c1ccccc1Cl)c1nnc(SCC(=O)NC2CCCCC2)n1C. The highest BCUT2D eigenvalue weighted by Gasteiger charge is 2.26. The van der Waals surface area contributed by atoms with Gasteiger partial charge in [-0.3, -0.25) is 9.59 Å². The molecule has 1 fully saturated rings. The molecule has 168 valence electrons. The van der Waals surface area contributed by atoms with Crippen LogP contribution in [-0.2, 0) is 11.8 Å². The molecule has 0 spiro atoms. The molecule has 0 radical (unpaired) electrons. The van der Waals surface area contributed by atoms with Crippen molar-refractivity contribution in [3.63, 3.8) is 0 Å². The molecular weight excluding hydrogens is 434 g/mol. The second kappa shape index (κ2) is 11.0. The normalized spacial score (nSPS) is 15.6. The van der Waals surface area contributed by atoms with E-state index in [9.17, 15) is 9.59 Å². The summed E-state index contributed by atoms with van der Waals surface area (Å²) in [5.74, 6) is 0.787. The third-order valence-corrected chi connectivity index (χ3v) is 6.87. The van der Waals surface area contributed by atoms with Crippen LogP contribution in [0.15, 0.2) is 29.4 Å². The van der Waals surface area contributed by atoms with Gasteiger partial charge >= 0.3 is 0 Å². The van der Waals surface area contributed by atoms with E-state index in [2.05, 4.69) is 20.8 Å². The molecule has 2 amide bonds. The van der Waals surface area contributed by atoms with Gasteiger partial charge in [-0.15, -0.1) is 10.2 Å². The van der Waals surface area contributed by atoms with Crippen molar-refractivity contribution in [3.05, 3.63) is 40.7 Å². The van der Waals surface area contributed by atoms with Crippen LogP contribution < -0.4 is 10.6 Å². The first-order valence-electron chi connectivity index (χ1n) is 10.7. The quantitative estimate of drug-likeness (QED) is 0.574. The van der Waals surface area contributed by atoms with Crippen LogP contribution >= 0.6 is 23.4 Å². The summed E-state index contributed by atoms with van der Waals surface area (Å²) in [6, 6.07) is 6.90. The number of amides is 2. The summed E-state index contributed by atoms with van der Waals surface area (Å²) in [6.45, 7) is 4.02. The van der Waals surface area contributed by atoms with Gasteiger partial charge in [0.25, 0.3) is 5.91 Å². The first kappa shape index (κ1) is 23.6. The molecule has 1 aromatic carbocycles. The average Bonchev–Trinajstić information content (AvgIpc) is 3.11. The van der Waals surface area contributed by atoms with Gasteiger partial charge in [0.1, 0.15) is 0 Å². The zero-order valence-electron chi connectivity index (χ0n) is 18.2. The zero-order valence-corrected chi connectivity index (χ0v) is 19.8. The Kier molecular flexibility index (Phi) is 8.37. The van der Waals surface area contributed by atoms with Gasteiger partial charge in [-0.1, -0.05) is 68.6 Å². The maximum Gasteiger partial charge on any atom is 0.253 e. The number of carbonyl (C=O) groups is 2. The number of benzene rings is 1. The molecule has 7 nitrogen and oxygen atoms in total. The molecule has 9 heteroatoms. The lowest BCUT2D eigenvalue weighted by atomic mass is 9.95. The molecule has 1 aliphatic rings. The van der Waals surface area contributed by atoms with Crippen molar-refractivity contribution in [1.29, 1.82) is 0 Å². The Morgan fingerprint density at radius 1 is 1.19 bits per heavy atom. The van der Waals surface area contributed by atoms with Crippen LogP contribution in [0.3, 0.4) is 0 Å². The molecule has 0 unspecified atom stereocenters. The Morgan fingerprint density at radius 2 is 1.90 bits per heavy atom. The molecule has 1 saturated carbocycles. The van der Waals surface area contributed by atoms with Crippen molar-refractivity contribution in [2.45, 2.75) is 63.2 Å². The largest absolute Gasteiger partial charge is 0.353 e. The van der Waals surface area contributed by atoms with Crippen LogP contribution in [0.25, 0.3) is 0 Å². The lowest BCUT2D eigenvalue weighted by Gasteiger charge is -2.22. The Morgan fingerprint density at radius 3 is 2.58 bits per heavy atom. The molecule has 0 bridgehead atoms. The van der Waals surface area contributed by atoms with E-state index in [0.29, 0.717) is 33.4 Å². The first-order chi connectivity index (χ1) is 14.9. The lowest BCUT2D eigenvalue weighted by Crippen LogP contribution is -2.37. The number of aromatic nitrogens is 3. The Balaban J connectivity index is 1.63. The van der Waals surface area contributed by atoms with Crippen molar-refractivity contribution in [2.75, 3.05) is 5.75 Å². The summed E-state index contributed by atoms with van der Waals surface area (Å²) in [6.07, 6.45) is 5.74. The second-order valence-corrected chi connectivity index (χ2v) is 9.62. The number of nitrogens with one attached hydrogen (secondary N) is 2. The van der Waals surface area contributed by atoms with Crippen LogP contribution in [0.2, 0.25) is 5.02 Å². The fourth-order valence-electron chi connectivity index (χ4n) is 3.76. The maximum absolute atomic E-state index is 12.8. The highest BCUT2D eigenvalue weighted by atomic mass is 35.5. The van der Waals surface area contributed by atoms with Gasteiger partial charge in [-0.2, -0.15) is 0 Å². The molecule has 1 atom stereocenters. The predicted octanol–water partition coefficient (Wildman–Crippen LogP) is 4.14. The molecule has 3 rings (SSSR count). The Labute approximate surface area is 192 Å². The number of hydrogen-bond donors (Lipinski definition) is 2. The van der Waals surface area contributed by atoms with Crippen LogP contribution in [0.5, 0.6) is 0 Å². The third kappa shape index (κ3) is 6.23. The van der Waals surface area contributed by atoms with E-state index in [1.165, 1.54) is 31.0 Å². The van der Waals surface area contributed by atoms with Crippen LogP contribution in [0.4, 0.5) is 0 Å². The number of hydrogen-bond acceptors (Lipinski definition) is 5. The number of halogens is 1. The van der Waals surface area contributed by atoms with Gasteiger partial charge in [0, 0.05) is 13.1 Å². The summed E-state index contributed by atoms with van der Waals surface area (Å²) >= 11 is 7.52. The van der Waals surface area contributed by atoms with Crippen molar-refractivity contribution in [2.24, 2.45) is 13.0 Å². The smallest absolute Gasteiger partial charge is 0.253 e. The van der Waals surface area contributed by atoms with E-state index in [4.69, 9.17) is 11.6 Å². The Bertz CT molecular complexity index is 911. The topological polar surface area (TPSA) is 88.9 Å². The fraction of sp³-hybridized carbons (Fsp3) is 0.545. The van der Waals surface area contributed by atoms with E-state index >= 15 is 0 Å². The molecule has 0 aliphatic heterocycles. The minimum absolute atomic E-state index is 0.0221. The molecule has 2 aromatic rings. The molecule has 1 aromatic heterocycles. The van der Waals surface area contributed by atoms with E-state index in [1.807, 2.05) is 25.5 Å². The zero-order chi connectivity index (χ0) is 22.4. The summed E-state index contributed by atoms with van der Waals surface area (Å²) in [4.78, 5) is 25.1. The molecule has 31 heavy (non-hydrogen) atoms. The van der Waals surface area contributed by atoms with Crippen LogP contribution in [-0.4, -0.2) is 38.4 Å². The summed E-state index contributed by atoms with van der Waals surface area (Å²) < 4.78 is 1.84. The van der Waals surface area contributed by atoms with Crippen LogP contribution in [0, 0.1) is 5.92 Å². The minimum atomic E-state index is -0.341.